The molecule has 0 bridgehead atoms. The van der Waals surface area contributed by atoms with Gasteiger partial charge in [0.25, 0.3) is 0 Å². The number of rotatable bonds is 3. The van der Waals surface area contributed by atoms with Gasteiger partial charge in [-0.15, -0.1) is 0 Å². The van der Waals surface area contributed by atoms with Crippen LogP contribution in [-0.2, 0) is 0 Å². The molecule has 0 amide bonds. The minimum absolute atomic E-state index is 0.701. The SMILES string of the molecule is c1ccc2nc(NC[C@@H]3CCCNC3)cnc2c1. The largest absolute Gasteiger partial charge is 0.368 e. The summed E-state index contributed by atoms with van der Waals surface area (Å²) in [6, 6.07) is 7.95. The Kier molecular flexibility index (Phi) is 3.37. The van der Waals surface area contributed by atoms with Crippen LogP contribution in [0.3, 0.4) is 0 Å². The van der Waals surface area contributed by atoms with Crippen molar-refractivity contribution in [2.24, 2.45) is 5.92 Å². The Balaban J connectivity index is 1.66. The number of nitrogens with zero attached hydrogens (tertiary/aromatic N) is 2. The summed E-state index contributed by atoms with van der Waals surface area (Å²) in [5.41, 5.74) is 1.90. The number of hydrogen-bond acceptors (Lipinski definition) is 4. The van der Waals surface area contributed by atoms with Crippen LogP contribution < -0.4 is 10.6 Å². The summed E-state index contributed by atoms with van der Waals surface area (Å²) in [5, 5.41) is 6.82. The Morgan fingerprint density at radius 3 is 3.00 bits per heavy atom. The zero-order valence-electron chi connectivity index (χ0n) is 10.4. The Bertz CT molecular complexity index is 520. The number of nitrogens with one attached hydrogen (secondary N) is 2. The van der Waals surface area contributed by atoms with E-state index in [1.165, 1.54) is 12.8 Å². The first-order chi connectivity index (χ1) is 8.92. The molecule has 2 heterocycles. The van der Waals surface area contributed by atoms with Crippen molar-refractivity contribution in [2.75, 3.05) is 25.0 Å². The summed E-state index contributed by atoms with van der Waals surface area (Å²) >= 11 is 0. The third-order valence-electron chi connectivity index (χ3n) is 3.42. The van der Waals surface area contributed by atoms with Crippen LogP contribution >= 0.6 is 0 Å². The van der Waals surface area contributed by atoms with Crippen LogP contribution in [0.1, 0.15) is 12.8 Å². The van der Waals surface area contributed by atoms with Crippen molar-refractivity contribution in [3.63, 3.8) is 0 Å². The fourth-order valence-corrected chi connectivity index (χ4v) is 2.39. The second-order valence-electron chi connectivity index (χ2n) is 4.84. The second-order valence-corrected chi connectivity index (χ2v) is 4.84. The molecule has 4 nitrogen and oxygen atoms in total. The van der Waals surface area contributed by atoms with Crippen molar-refractivity contribution < 1.29 is 0 Å². The Hall–Kier alpha value is -1.68. The van der Waals surface area contributed by atoms with Gasteiger partial charge in [-0.05, 0) is 44.0 Å². The molecule has 4 heteroatoms. The van der Waals surface area contributed by atoms with Gasteiger partial charge >= 0.3 is 0 Å². The van der Waals surface area contributed by atoms with Gasteiger partial charge in [0.05, 0.1) is 17.2 Å². The molecule has 0 saturated carbocycles. The van der Waals surface area contributed by atoms with Gasteiger partial charge < -0.3 is 10.6 Å². The van der Waals surface area contributed by atoms with Gasteiger partial charge in [-0.1, -0.05) is 12.1 Å². The number of aromatic nitrogens is 2. The highest BCUT2D eigenvalue weighted by atomic mass is 15.0. The number of para-hydroxylation sites is 2. The van der Waals surface area contributed by atoms with E-state index >= 15 is 0 Å². The van der Waals surface area contributed by atoms with Crippen molar-refractivity contribution in [3.05, 3.63) is 30.5 Å². The Labute approximate surface area is 107 Å². The molecule has 1 fully saturated rings. The van der Waals surface area contributed by atoms with E-state index in [0.29, 0.717) is 5.92 Å². The van der Waals surface area contributed by atoms with Crippen molar-refractivity contribution in [2.45, 2.75) is 12.8 Å². The van der Waals surface area contributed by atoms with Gasteiger partial charge in [0.2, 0.25) is 0 Å². The van der Waals surface area contributed by atoms with Crippen molar-refractivity contribution in [1.82, 2.24) is 15.3 Å². The number of benzene rings is 1. The normalized spacial score (nSPS) is 19.9. The molecular formula is C14H18N4. The summed E-state index contributed by atoms with van der Waals surface area (Å²) < 4.78 is 0. The molecule has 1 aromatic carbocycles. The van der Waals surface area contributed by atoms with E-state index in [0.717, 1.165) is 36.5 Å². The van der Waals surface area contributed by atoms with Gasteiger partial charge in [-0.25, -0.2) is 4.98 Å². The zero-order valence-corrected chi connectivity index (χ0v) is 10.4. The highest BCUT2D eigenvalue weighted by Gasteiger charge is 2.12. The topological polar surface area (TPSA) is 49.8 Å². The lowest BCUT2D eigenvalue weighted by atomic mass is 10.00. The summed E-state index contributed by atoms with van der Waals surface area (Å²) in [7, 11) is 0. The van der Waals surface area contributed by atoms with Gasteiger partial charge in [0.1, 0.15) is 5.82 Å². The second kappa shape index (κ2) is 5.31. The molecule has 1 aliphatic heterocycles. The van der Waals surface area contributed by atoms with Crippen molar-refractivity contribution >= 4 is 16.9 Å². The molecule has 1 aromatic heterocycles. The number of hydrogen-bond donors (Lipinski definition) is 2. The minimum Gasteiger partial charge on any atom is -0.368 e. The van der Waals surface area contributed by atoms with Gasteiger partial charge in [-0.2, -0.15) is 0 Å². The fourth-order valence-electron chi connectivity index (χ4n) is 2.39. The highest BCUT2D eigenvalue weighted by Crippen LogP contribution is 2.14. The maximum Gasteiger partial charge on any atom is 0.145 e. The molecule has 18 heavy (non-hydrogen) atoms. The average molecular weight is 242 g/mol. The maximum absolute atomic E-state index is 4.57. The van der Waals surface area contributed by atoms with Crippen molar-refractivity contribution in [3.8, 4) is 0 Å². The first-order valence-corrected chi connectivity index (χ1v) is 6.58. The predicted molar refractivity (Wildman–Crippen MR) is 73.6 cm³/mol. The molecule has 0 aliphatic carbocycles. The van der Waals surface area contributed by atoms with E-state index in [1.807, 2.05) is 30.5 Å². The quantitative estimate of drug-likeness (QED) is 0.865. The van der Waals surface area contributed by atoms with Crippen LogP contribution in [0.15, 0.2) is 30.5 Å². The monoisotopic (exact) mass is 242 g/mol. The predicted octanol–water partition coefficient (Wildman–Crippen LogP) is 2.04. The van der Waals surface area contributed by atoms with E-state index in [1.54, 1.807) is 0 Å². The molecule has 3 rings (SSSR count). The smallest absolute Gasteiger partial charge is 0.145 e. The molecule has 0 radical (unpaired) electrons. The van der Waals surface area contributed by atoms with E-state index in [4.69, 9.17) is 0 Å². The molecule has 2 N–H and O–H groups in total. The van der Waals surface area contributed by atoms with Crippen LogP contribution in [0, 0.1) is 5.92 Å². The van der Waals surface area contributed by atoms with Crippen LogP contribution in [0.4, 0.5) is 5.82 Å². The summed E-state index contributed by atoms with van der Waals surface area (Å²) in [6.45, 7) is 3.24. The number of fused-ring (bicyclic) bond motifs is 1. The Morgan fingerprint density at radius 2 is 2.17 bits per heavy atom. The summed E-state index contributed by atoms with van der Waals surface area (Å²) in [4.78, 5) is 8.97. The lowest BCUT2D eigenvalue weighted by Gasteiger charge is -2.23. The third-order valence-corrected chi connectivity index (χ3v) is 3.42. The van der Waals surface area contributed by atoms with Crippen molar-refractivity contribution in [1.29, 1.82) is 0 Å². The standard InChI is InChI=1S/C14H18N4/c1-2-6-13-12(5-1)16-10-14(18-13)17-9-11-4-3-7-15-8-11/h1-2,5-6,10-11,15H,3-4,7-9H2,(H,17,18)/t11-/m1/s1. The van der Waals surface area contributed by atoms with E-state index in [-0.39, 0.29) is 0 Å². The van der Waals surface area contributed by atoms with E-state index in [2.05, 4.69) is 20.6 Å². The first kappa shape index (κ1) is 11.4. The Morgan fingerprint density at radius 1 is 1.28 bits per heavy atom. The average Bonchev–Trinajstić information content (AvgIpc) is 2.46. The zero-order chi connectivity index (χ0) is 12.2. The molecule has 1 saturated heterocycles. The molecule has 1 aliphatic rings. The molecule has 0 unspecified atom stereocenters. The van der Waals surface area contributed by atoms with E-state index in [9.17, 15) is 0 Å². The lowest BCUT2D eigenvalue weighted by Crippen LogP contribution is -2.33. The van der Waals surface area contributed by atoms with Crippen LogP contribution in [0.2, 0.25) is 0 Å². The number of anilines is 1. The molecular weight excluding hydrogens is 224 g/mol. The number of piperidine rings is 1. The third kappa shape index (κ3) is 2.59. The maximum atomic E-state index is 4.57. The van der Waals surface area contributed by atoms with Gasteiger partial charge in [-0.3, -0.25) is 4.98 Å². The van der Waals surface area contributed by atoms with E-state index < -0.39 is 0 Å². The lowest BCUT2D eigenvalue weighted by molar-refractivity contribution is 0.392. The van der Waals surface area contributed by atoms with Crippen LogP contribution in [0.25, 0.3) is 11.0 Å². The summed E-state index contributed by atoms with van der Waals surface area (Å²) in [5.74, 6) is 1.58. The first-order valence-electron chi connectivity index (χ1n) is 6.58. The fraction of sp³-hybridized carbons (Fsp3) is 0.429. The van der Waals surface area contributed by atoms with Gasteiger partial charge in [0.15, 0.2) is 0 Å². The summed E-state index contributed by atoms with van der Waals surface area (Å²) in [6.07, 6.45) is 4.38. The van der Waals surface area contributed by atoms with Crippen LogP contribution in [0.5, 0.6) is 0 Å². The highest BCUT2D eigenvalue weighted by molar-refractivity contribution is 5.75. The molecule has 1 atom stereocenters. The molecule has 0 spiro atoms. The molecule has 2 aromatic rings. The minimum atomic E-state index is 0.701. The van der Waals surface area contributed by atoms with Gasteiger partial charge in [0, 0.05) is 6.54 Å². The van der Waals surface area contributed by atoms with Crippen LogP contribution in [-0.4, -0.2) is 29.6 Å². The molecule has 94 valence electrons.